The lowest BCUT2D eigenvalue weighted by Crippen LogP contribution is -2.09. The van der Waals surface area contributed by atoms with Crippen LogP contribution in [0.4, 0.5) is 17.1 Å². The molecule has 0 amide bonds. The molecule has 0 aliphatic heterocycles. The average molecular weight is 643 g/mol. The molecule has 49 heavy (non-hydrogen) atoms. The Hall–Kier alpha value is -6.16. The highest BCUT2D eigenvalue weighted by atomic mass is 32.1. The van der Waals surface area contributed by atoms with E-state index in [1.165, 1.54) is 69.6 Å². The highest BCUT2D eigenvalue weighted by Gasteiger charge is 2.20. The molecule has 0 spiro atoms. The molecule has 2 aromatic heterocycles. The Morgan fingerprint density at radius 2 is 1.08 bits per heavy atom. The first-order valence-corrected chi connectivity index (χ1v) is 17.5. The van der Waals surface area contributed by atoms with E-state index >= 15 is 0 Å². The second kappa shape index (κ2) is 11.2. The number of nitrogens with zero attached hydrogens (tertiary/aromatic N) is 2. The van der Waals surface area contributed by atoms with E-state index in [9.17, 15) is 0 Å². The third-order valence-electron chi connectivity index (χ3n) is 9.73. The molecule has 0 bridgehead atoms. The SMILES string of the molecule is c1ccc(-c2ccc3sc4c(ccc5c6cc(N(c7ccccc7)c7ccc8ccccc8c7)ccc6n(-c6ccccc6)c54)c3c2)cc1. The summed E-state index contributed by atoms with van der Waals surface area (Å²) in [5.41, 5.74) is 9.51. The van der Waals surface area contributed by atoms with Gasteiger partial charge in [-0.15, -0.1) is 11.3 Å². The summed E-state index contributed by atoms with van der Waals surface area (Å²) in [6, 6.07) is 66.1. The third-order valence-corrected chi connectivity index (χ3v) is 10.9. The molecule has 230 valence electrons. The largest absolute Gasteiger partial charge is 0.310 e. The maximum Gasteiger partial charge on any atom is 0.0719 e. The van der Waals surface area contributed by atoms with Crippen LogP contribution in [-0.4, -0.2) is 4.57 Å². The summed E-state index contributed by atoms with van der Waals surface area (Å²) in [5.74, 6) is 0. The van der Waals surface area contributed by atoms with Gasteiger partial charge in [-0.2, -0.15) is 0 Å². The van der Waals surface area contributed by atoms with Crippen LogP contribution in [0.3, 0.4) is 0 Å². The van der Waals surface area contributed by atoms with Gasteiger partial charge in [0, 0.05) is 49.0 Å². The van der Waals surface area contributed by atoms with Crippen molar-refractivity contribution in [3.05, 3.63) is 182 Å². The predicted molar refractivity (Wildman–Crippen MR) is 211 cm³/mol. The smallest absolute Gasteiger partial charge is 0.0719 e. The molecule has 8 aromatic carbocycles. The maximum atomic E-state index is 2.47. The molecule has 0 fully saturated rings. The lowest BCUT2D eigenvalue weighted by atomic mass is 10.0. The Labute approximate surface area is 288 Å². The molecule has 3 heteroatoms. The molecule has 0 saturated carbocycles. The van der Waals surface area contributed by atoms with E-state index in [-0.39, 0.29) is 0 Å². The quantitative estimate of drug-likeness (QED) is 0.181. The number of aromatic nitrogens is 1. The zero-order chi connectivity index (χ0) is 32.3. The second-order valence-electron chi connectivity index (χ2n) is 12.6. The van der Waals surface area contributed by atoms with Crippen LogP contribution in [0.25, 0.3) is 69.6 Å². The Morgan fingerprint density at radius 3 is 1.90 bits per heavy atom. The number of hydrogen-bond donors (Lipinski definition) is 0. The monoisotopic (exact) mass is 642 g/mol. The van der Waals surface area contributed by atoms with Crippen LogP contribution in [0, 0.1) is 0 Å². The van der Waals surface area contributed by atoms with E-state index < -0.39 is 0 Å². The van der Waals surface area contributed by atoms with Crippen LogP contribution in [0.2, 0.25) is 0 Å². The lowest BCUT2D eigenvalue weighted by molar-refractivity contribution is 1.19. The first-order valence-electron chi connectivity index (χ1n) is 16.7. The van der Waals surface area contributed by atoms with Crippen molar-refractivity contribution in [2.24, 2.45) is 0 Å². The van der Waals surface area contributed by atoms with E-state index in [0.717, 1.165) is 17.1 Å². The number of fused-ring (bicyclic) bond motifs is 8. The Balaban J connectivity index is 1.24. The zero-order valence-corrected chi connectivity index (χ0v) is 27.4. The number of anilines is 3. The maximum absolute atomic E-state index is 2.47. The minimum atomic E-state index is 1.13. The van der Waals surface area contributed by atoms with E-state index in [1.807, 2.05) is 11.3 Å². The summed E-state index contributed by atoms with van der Waals surface area (Å²) in [4.78, 5) is 2.38. The van der Waals surface area contributed by atoms with E-state index in [2.05, 4.69) is 191 Å². The number of thiophene rings is 1. The molecule has 0 unspecified atom stereocenters. The normalized spacial score (nSPS) is 11.7. The van der Waals surface area contributed by atoms with Crippen molar-refractivity contribution in [2.45, 2.75) is 0 Å². The highest BCUT2D eigenvalue weighted by molar-refractivity contribution is 7.26. The molecule has 0 aliphatic rings. The van der Waals surface area contributed by atoms with Crippen molar-refractivity contribution in [3.63, 3.8) is 0 Å². The Morgan fingerprint density at radius 1 is 0.408 bits per heavy atom. The molecule has 2 heterocycles. The summed E-state index contributed by atoms with van der Waals surface area (Å²) >= 11 is 1.89. The van der Waals surface area contributed by atoms with Gasteiger partial charge in [-0.05, 0) is 88.6 Å². The van der Waals surface area contributed by atoms with Crippen molar-refractivity contribution in [3.8, 4) is 16.8 Å². The molecule has 0 atom stereocenters. The van der Waals surface area contributed by atoms with E-state index in [1.54, 1.807) is 0 Å². The van der Waals surface area contributed by atoms with Gasteiger partial charge < -0.3 is 9.47 Å². The fourth-order valence-corrected chi connectivity index (χ4v) is 8.68. The number of benzene rings is 8. The van der Waals surface area contributed by atoms with Crippen molar-refractivity contribution in [2.75, 3.05) is 4.90 Å². The van der Waals surface area contributed by atoms with Crippen molar-refractivity contribution in [1.82, 2.24) is 4.57 Å². The van der Waals surface area contributed by atoms with Gasteiger partial charge in [-0.1, -0.05) is 115 Å². The molecule has 0 N–H and O–H groups in total. The first kappa shape index (κ1) is 27.9. The average Bonchev–Trinajstić information content (AvgIpc) is 3.71. The first-order chi connectivity index (χ1) is 24.3. The zero-order valence-electron chi connectivity index (χ0n) is 26.6. The van der Waals surface area contributed by atoms with Gasteiger partial charge in [0.15, 0.2) is 0 Å². The molecule has 10 aromatic rings. The van der Waals surface area contributed by atoms with E-state index in [0.29, 0.717) is 0 Å². The minimum Gasteiger partial charge on any atom is -0.310 e. The molecule has 2 nitrogen and oxygen atoms in total. The summed E-state index contributed by atoms with van der Waals surface area (Å²) in [5, 5.41) is 7.57. The molecule has 10 rings (SSSR count). The van der Waals surface area contributed by atoms with Crippen LogP contribution in [-0.2, 0) is 0 Å². The standard InChI is InChI=1S/C46H30N2S/c1-4-12-31(13-5-1)34-21-27-44-42(29-34)40-25-24-39-41-30-38(23-26-43(41)48(45(39)46(40)49-44)36-18-8-3-9-19-36)47(35-16-6-2-7-17-35)37-22-20-32-14-10-11-15-33(32)28-37/h1-30H. The molecular formula is C46H30N2S. The van der Waals surface area contributed by atoms with Crippen molar-refractivity contribution in [1.29, 1.82) is 0 Å². The van der Waals surface area contributed by atoms with Gasteiger partial charge in [0.25, 0.3) is 0 Å². The number of rotatable bonds is 5. The van der Waals surface area contributed by atoms with Gasteiger partial charge in [-0.25, -0.2) is 0 Å². The fourth-order valence-electron chi connectivity index (χ4n) is 7.46. The van der Waals surface area contributed by atoms with Gasteiger partial charge in [0.2, 0.25) is 0 Å². The van der Waals surface area contributed by atoms with Crippen LogP contribution < -0.4 is 4.90 Å². The van der Waals surface area contributed by atoms with Gasteiger partial charge in [0.05, 0.1) is 15.7 Å². The van der Waals surface area contributed by atoms with Crippen LogP contribution in [0.15, 0.2) is 182 Å². The van der Waals surface area contributed by atoms with Gasteiger partial charge in [-0.3, -0.25) is 0 Å². The number of hydrogen-bond acceptors (Lipinski definition) is 2. The summed E-state index contributed by atoms with van der Waals surface area (Å²) in [6.07, 6.45) is 0. The van der Waals surface area contributed by atoms with Gasteiger partial charge >= 0.3 is 0 Å². The highest BCUT2D eigenvalue weighted by Crippen LogP contribution is 2.45. The third kappa shape index (κ3) is 4.55. The van der Waals surface area contributed by atoms with Crippen LogP contribution >= 0.6 is 11.3 Å². The molecule has 0 saturated heterocycles. The lowest BCUT2D eigenvalue weighted by Gasteiger charge is -2.26. The predicted octanol–water partition coefficient (Wildman–Crippen LogP) is 13.4. The van der Waals surface area contributed by atoms with Crippen molar-refractivity contribution < 1.29 is 0 Å². The fraction of sp³-hybridized carbons (Fsp3) is 0. The molecular weight excluding hydrogens is 613 g/mol. The van der Waals surface area contributed by atoms with Crippen LogP contribution in [0.5, 0.6) is 0 Å². The Bertz CT molecular complexity index is 2810. The number of para-hydroxylation sites is 2. The van der Waals surface area contributed by atoms with E-state index in [4.69, 9.17) is 0 Å². The topological polar surface area (TPSA) is 8.17 Å². The molecule has 0 radical (unpaired) electrons. The van der Waals surface area contributed by atoms with Crippen molar-refractivity contribution >= 4 is 81.1 Å². The summed E-state index contributed by atoms with van der Waals surface area (Å²) in [7, 11) is 0. The molecule has 0 aliphatic carbocycles. The summed E-state index contributed by atoms with van der Waals surface area (Å²) < 4.78 is 5.08. The van der Waals surface area contributed by atoms with Gasteiger partial charge in [0.1, 0.15) is 0 Å². The summed E-state index contributed by atoms with van der Waals surface area (Å²) in [6.45, 7) is 0. The second-order valence-corrected chi connectivity index (χ2v) is 13.6. The Kier molecular flexibility index (Phi) is 6.39. The van der Waals surface area contributed by atoms with Crippen LogP contribution in [0.1, 0.15) is 0 Å². The minimum absolute atomic E-state index is 1.13.